The van der Waals surface area contributed by atoms with Gasteiger partial charge in [-0.1, -0.05) is 25.1 Å². The van der Waals surface area contributed by atoms with Crippen LogP contribution >= 0.6 is 0 Å². The smallest absolute Gasteiger partial charge is 0.367 e. The number of amides is 1. The maximum Gasteiger partial charge on any atom is 0.416 e. The number of hydrogen-bond donors (Lipinski definition) is 1. The number of likely N-dealkylation sites (N-methyl/N-ethyl adjacent to an activating group) is 1. The molecule has 1 aliphatic heterocycles. The predicted molar refractivity (Wildman–Crippen MR) is 100 cm³/mol. The number of nitrogens with one attached hydrogen (secondary N) is 1. The second-order valence-corrected chi connectivity index (χ2v) is 6.47. The maximum absolute atomic E-state index is 12.9. The summed E-state index contributed by atoms with van der Waals surface area (Å²) in [6, 6.07) is 11.8. The van der Waals surface area contributed by atoms with E-state index < -0.39 is 17.6 Å². The summed E-state index contributed by atoms with van der Waals surface area (Å²) < 4.78 is 38.7. The normalized spacial score (nSPS) is 15.6. The Bertz CT molecular complexity index is 799. The first-order valence-electron chi connectivity index (χ1n) is 8.93. The van der Waals surface area contributed by atoms with E-state index in [9.17, 15) is 18.0 Å². The van der Waals surface area contributed by atoms with Crippen LogP contribution in [0.3, 0.4) is 0 Å². The van der Waals surface area contributed by atoms with E-state index in [0.717, 1.165) is 50.5 Å². The van der Waals surface area contributed by atoms with Crippen LogP contribution in [0.2, 0.25) is 0 Å². The van der Waals surface area contributed by atoms with E-state index in [2.05, 4.69) is 22.0 Å². The van der Waals surface area contributed by atoms with Crippen molar-refractivity contribution in [3.05, 3.63) is 59.7 Å². The van der Waals surface area contributed by atoms with E-state index in [1.165, 1.54) is 12.1 Å². The van der Waals surface area contributed by atoms with Gasteiger partial charge in [-0.25, -0.2) is 0 Å². The SMILES string of the molecule is CCN1CCN(c2ccccc2NC(=O)c2cccc(C(F)(F)F)c2)CC1. The van der Waals surface area contributed by atoms with Crippen LogP contribution in [0.4, 0.5) is 24.5 Å². The quantitative estimate of drug-likeness (QED) is 0.871. The molecule has 0 atom stereocenters. The number of carbonyl (C=O) groups excluding carboxylic acids is 1. The van der Waals surface area contributed by atoms with Crippen LogP contribution in [0.25, 0.3) is 0 Å². The van der Waals surface area contributed by atoms with Gasteiger partial charge in [-0.05, 0) is 36.9 Å². The molecule has 4 nitrogen and oxygen atoms in total. The third-order valence-corrected chi connectivity index (χ3v) is 4.76. The zero-order valence-corrected chi connectivity index (χ0v) is 15.1. The fourth-order valence-electron chi connectivity index (χ4n) is 3.19. The lowest BCUT2D eigenvalue weighted by molar-refractivity contribution is -0.137. The molecule has 0 unspecified atom stereocenters. The molecule has 1 amide bonds. The first kappa shape index (κ1) is 19.2. The molecule has 7 heteroatoms. The summed E-state index contributed by atoms with van der Waals surface area (Å²) in [7, 11) is 0. The summed E-state index contributed by atoms with van der Waals surface area (Å²) in [5.74, 6) is -0.555. The molecule has 0 aromatic heterocycles. The average molecular weight is 377 g/mol. The van der Waals surface area contributed by atoms with Gasteiger partial charge in [0.25, 0.3) is 5.91 Å². The van der Waals surface area contributed by atoms with Gasteiger partial charge in [0, 0.05) is 31.7 Å². The third kappa shape index (κ3) is 4.60. The molecule has 3 rings (SSSR count). The predicted octanol–water partition coefficient (Wildman–Crippen LogP) is 4.10. The molecule has 1 heterocycles. The van der Waals surface area contributed by atoms with Gasteiger partial charge in [0.2, 0.25) is 0 Å². The summed E-state index contributed by atoms with van der Waals surface area (Å²) in [6.45, 7) is 6.67. The van der Waals surface area contributed by atoms with Crippen molar-refractivity contribution in [2.75, 3.05) is 42.9 Å². The molecule has 1 saturated heterocycles. The molecule has 1 fully saturated rings. The van der Waals surface area contributed by atoms with Crippen LogP contribution in [0.5, 0.6) is 0 Å². The largest absolute Gasteiger partial charge is 0.416 e. The molecule has 2 aromatic carbocycles. The number of halogens is 3. The summed E-state index contributed by atoms with van der Waals surface area (Å²) >= 11 is 0. The molecule has 0 aliphatic carbocycles. The van der Waals surface area contributed by atoms with Crippen molar-refractivity contribution < 1.29 is 18.0 Å². The Balaban J connectivity index is 1.78. The number of anilines is 2. The number of nitrogens with zero attached hydrogens (tertiary/aromatic N) is 2. The molecule has 2 aromatic rings. The minimum Gasteiger partial charge on any atom is -0.367 e. The van der Waals surface area contributed by atoms with E-state index in [-0.39, 0.29) is 5.56 Å². The van der Waals surface area contributed by atoms with Crippen molar-refractivity contribution in [2.45, 2.75) is 13.1 Å². The first-order chi connectivity index (χ1) is 12.9. The monoisotopic (exact) mass is 377 g/mol. The highest BCUT2D eigenvalue weighted by molar-refractivity contribution is 6.06. The Morgan fingerprint density at radius 2 is 1.74 bits per heavy atom. The number of hydrogen-bond acceptors (Lipinski definition) is 3. The van der Waals surface area contributed by atoms with Gasteiger partial charge in [0.15, 0.2) is 0 Å². The van der Waals surface area contributed by atoms with Crippen molar-refractivity contribution >= 4 is 17.3 Å². The van der Waals surface area contributed by atoms with Crippen LogP contribution in [0.15, 0.2) is 48.5 Å². The van der Waals surface area contributed by atoms with E-state index in [4.69, 9.17) is 0 Å². The second-order valence-electron chi connectivity index (χ2n) is 6.47. The molecular weight excluding hydrogens is 355 g/mol. The lowest BCUT2D eigenvalue weighted by Gasteiger charge is -2.36. The lowest BCUT2D eigenvalue weighted by Crippen LogP contribution is -2.46. The van der Waals surface area contributed by atoms with Crippen LogP contribution in [0, 0.1) is 0 Å². The molecule has 0 saturated carbocycles. The van der Waals surface area contributed by atoms with Gasteiger partial charge >= 0.3 is 6.18 Å². The fourth-order valence-corrected chi connectivity index (χ4v) is 3.19. The molecule has 0 bridgehead atoms. The second kappa shape index (κ2) is 8.00. The van der Waals surface area contributed by atoms with Crippen LogP contribution in [0.1, 0.15) is 22.8 Å². The Morgan fingerprint density at radius 1 is 1.04 bits per heavy atom. The van der Waals surface area contributed by atoms with Crippen molar-refractivity contribution in [3.8, 4) is 0 Å². The van der Waals surface area contributed by atoms with Gasteiger partial charge in [-0.3, -0.25) is 4.79 Å². The number of rotatable bonds is 4. The summed E-state index contributed by atoms with van der Waals surface area (Å²) in [5, 5.41) is 2.77. The highest BCUT2D eigenvalue weighted by Crippen LogP contribution is 2.30. The molecule has 1 aliphatic rings. The number of piperazine rings is 1. The number of para-hydroxylation sites is 2. The maximum atomic E-state index is 12.9. The third-order valence-electron chi connectivity index (χ3n) is 4.76. The minimum atomic E-state index is -4.48. The number of alkyl halides is 3. The molecule has 1 N–H and O–H groups in total. The van der Waals surface area contributed by atoms with Gasteiger partial charge in [-0.15, -0.1) is 0 Å². The van der Waals surface area contributed by atoms with E-state index in [0.29, 0.717) is 5.69 Å². The number of benzene rings is 2. The van der Waals surface area contributed by atoms with Crippen molar-refractivity contribution in [3.63, 3.8) is 0 Å². The molecule has 144 valence electrons. The van der Waals surface area contributed by atoms with Gasteiger partial charge in [0.1, 0.15) is 0 Å². The summed E-state index contributed by atoms with van der Waals surface area (Å²) in [4.78, 5) is 17.1. The van der Waals surface area contributed by atoms with Crippen LogP contribution < -0.4 is 10.2 Å². The van der Waals surface area contributed by atoms with E-state index >= 15 is 0 Å². The Kier molecular flexibility index (Phi) is 5.70. The molecule has 0 spiro atoms. The Labute approximate surface area is 156 Å². The first-order valence-corrected chi connectivity index (χ1v) is 8.93. The average Bonchev–Trinajstić information content (AvgIpc) is 2.68. The Hall–Kier alpha value is -2.54. The van der Waals surface area contributed by atoms with Crippen LogP contribution in [-0.2, 0) is 6.18 Å². The topological polar surface area (TPSA) is 35.6 Å². The zero-order chi connectivity index (χ0) is 19.4. The van der Waals surface area contributed by atoms with Gasteiger partial charge in [-0.2, -0.15) is 13.2 Å². The zero-order valence-electron chi connectivity index (χ0n) is 15.1. The van der Waals surface area contributed by atoms with E-state index in [1.807, 2.05) is 12.1 Å². The van der Waals surface area contributed by atoms with Crippen molar-refractivity contribution in [1.82, 2.24) is 4.90 Å². The standard InChI is InChI=1S/C20H22F3N3O/c1-2-25-10-12-26(13-11-25)18-9-4-3-8-17(18)24-19(27)15-6-5-7-16(14-15)20(21,22)23/h3-9,14H,2,10-13H2,1H3,(H,24,27). The fraction of sp³-hybridized carbons (Fsp3) is 0.350. The highest BCUT2D eigenvalue weighted by atomic mass is 19.4. The van der Waals surface area contributed by atoms with Crippen molar-refractivity contribution in [1.29, 1.82) is 0 Å². The van der Waals surface area contributed by atoms with Gasteiger partial charge in [0.05, 0.1) is 16.9 Å². The highest BCUT2D eigenvalue weighted by Gasteiger charge is 2.31. The van der Waals surface area contributed by atoms with Crippen LogP contribution in [-0.4, -0.2) is 43.5 Å². The Morgan fingerprint density at radius 3 is 2.41 bits per heavy atom. The summed E-state index contributed by atoms with van der Waals surface area (Å²) in [5.41, 5.74) is 0.632. The van der Waals surface area contributed by atoms with Crippen molar-refractivity contribution in [2.24, 2.45) is 0 Å². The minimum absolute atomic E-state index is 0.0181. The van der Waals surface area contributed by atoms with Gasteiger partial charge < -0.3 is 15.1 Å². The number of carbonyl (C=O) groups is 1. The van der Waals surface area contributed by atoms with E-state index in [1.54, 1.807) is 12.1 Å². The summed E-state index contributed by atoms with van der Waals surface area (Å²) in [6.07, 6.45) is -4.48. The molecule has 27 heavy (non-hydrogen) atoms. The molecular formula is C20H22F3N3O. The molecule has 0 radical (unpaired) electrons. The lowest BCUT2D eigenvalue weighted by atomic mass is 10.1.